The van der Waals surface area contributed by atoms with Crippen molar-refractivity contribution < 1.29 is 44.2 Å². The molecule has 13 heteroatoms. The molecule has 2 aliphatic heterocycles. The van der Waals surface area contributed by atoms with E-state index in [0.29, 0.717) is 12.5 Å². The number of likely N-dealkylation sites (tertiary alicyclic amines) is 1. The van der Waals surface area contributed by atoms with Crippen LogP contribution in [0, 0.1) is 11.7 Å². The fourth-order valence-corrected chi connectivity index (χ4v) is 7.42. The van der Waals surface area contributed by atoms with E-state index in [2.05, 4.69) is 9.64 Å². The van der Waals surface area contributed by atoms with Gasteiger partial charge < -0.3 is 9.47 Å². The Morgan fingerprint density at radius 1 is 0.870 bits per heavy atom. The Labute approximate surface area is 261 Å². The van der Waals surface area contributed by atoms with Gasteiger partial charge in [-0.2, -0.15) is 22.0 Å². The lowest BCUT2D eigenvalue weighted by Crippen LogP contribution is -2.50. The van der Waals surface area contributed by atoms with Crippen molar-refractivity contribution in [1.82, 2.24) is 4.90 Å². The summed E-state index contributed by atoms with van der Waals surface area (Å²) in [6.07, 6.45) is -4.88. The molecule has 0 aromatic heterocycles. The van der Waals surface area contributed by atoms with Crippen LogP contribution in [0.3, 0.4) is 0 Å². The largest absolute Gasteiger partial charge is 0.486 e. The first-order valence-corrected chi connectivity index (χ1v) is 15.8. The maximum Gasteiger partial charge on any atom is 0.416 e. The summed E-state index contributed by atoms with van der Waals surface area (Å²) in [5.74, 6) is -0.934. The SMILES string of the molecule is O=S(=O)(c1cccc(C(F)(F)F)c1)N1CC(CC2CN(Cc3ccccc3)C2)Oc2ccc(-c3cc(F)cc(OC(F)F)c3)cc21. The predicted octanol–water partition coefficient (Wildman–Crippen LogP) is 7.59. The summed E-state index contributed by atoms with van der Waals surface area (Å²) >= 11 is 0. The number of halogens is 6. The summed E-state index contributed by atoms with van der Waals surface area (Å²) in [6, 6.07) is 20.8. The lowest BCUT2D eigenvalue weighted by atomic mass is 9.92. The van der Waals surface area contributed by atoms with Gasteiger partial charge >= 0.3 is 12.8 Å². The normalized spacial score (nSPS) is 17.4. The third-order valence-electron chi connectivity index (χ3n) is 7.95. The van der Waals surface area contributed by atoms with Crippen molar-refractivity contribution >= 4 is 15.7 Å². The maximum absolute atomic E-state index is 14.3. The Kier molecular flexibility index (Phi) is 8.64. The monoisotopic (exact) mass is 662 g/mol. The molecular weight excluding hydrogens is 634 g/mol. The molecule has 1 fully saturated rings. The number of fused-ring (bicyclic) bond motifs is 1. The molecule has 4 aromatic carbocycles. The van der Waals surface area contributed by atoms with E-state index < -0.39 is 50.9 Å². The molecule has 0 saturated carbocycles. The van der Waals surface area contributed by atoms with Crippen LogP contribution in [0.25, 0.3) is 11.1 Å². The van der Waals surface area contributed by atoms with Crippen LogP contribution >= 0.6 is 0 Å². The highest BCUT2D eigenvalue weighted by molar-refractivity contribution is 7.92. The molecule has 0 amide bonds. The molecule has 0 N–H and O–H groups in total. The van der Waals surface area contributed by atoms with Gasteiger partial charge in [0.25, 0.3) is 10.0 Å². The van der Waals surface area contributed by atoms with Crippen LogP contribution < -0.4 is 13.8 Å². The van der Waals surface area contributed by atoms with E-state index in [1.165, 1.54) is 29.8 Å². The fraction of sp³-hybridized carbons (Fsp3) is 0.273. The van der Waals surface area contributed by atoms with Gasteiger partial charge in [0.05, 0.1) is 22.7 Å². The van der Waals surface area contributed by atoms with Crippen LogP contribution in [0.15, 0.2) is 95.9 Å². The molecule has 6 rings (SSSR count). The molecule has 1 unspecified atom stereocenters. The van der Waals surface area contributed by atoms with Gasteiger partial charge in [-0.1, -0.05) is 42.5 Å². The fourth-order valence-electron chi connectivity index (χ4n) is 5.87. The van der Waals surface area contributed by atoms with E-state index in [1.54, 1.807) is 0 Å². The third kappa shape index (κ3) is 6.95. The van der Waals surface area contributed by atoms with E-state index >= 15 is 0 Å². The summed E-state index contributed by atoms with van der Waals surface area (Å²) in [6.45, 7) is -1.08. The summed E-state index contributed by atoms with van der Waals surface area (Å²) in [5.41, 5.74) is 0.436. The van der Waals surface area contributed by atoms with Crippen LogP contribution in [-0.4, -0.2) is 45.7 Å². The maximum atomic E-state index is 14.3. The second kappa shape index (κ2) is 12.5. The summed E-state index contributed by atoms with van der Waals surface area (Å²) in [5, 5.41) is 0. The van der Waals surface area contributed by atoms with Crippen LogP contribution in [-0.2, 0) is 22.7 Å². The van der Waals surface area contributed by atoms with Crippen molar-refractivity contribution in [2.45, 2.75) is 36.8 Å². The van der Waals surface area contributed by atoms with E-state index in [0.717, 1.165) is 54.3 Å². The quantitative estimate of drug-likeness (QED) is 0.173. The molecule has 0 spiro atoms. The van der Waals surface area contributed by atoms with E-state index in [-0.39, 0.29) is 35.0 Å². The average Bonchev–Trinajstić information content (AvgIpc) is 2.99. The zero-order valence-corrected chi connectivity index (χ0v) is 24.9. The first-order valence-electron chi connectivity index (χ1n) is 14.4. The number of hydrogen-bond acceptors (Lipinski definition) is 5. The predicted molar refractivity (Wildman–Crippen MR) is 159 cm³/mol. The van der Waals surface area contributed by atoms with E-state index in [9.17, 15) is 34.8 Å². The van der Waals surface area contributed by atoms with Crippen molar-refractivity contribution in [1.29, 1.82) is 0 Å². The van der Waals surface area contributed by atoms with Gasteiger partial charge in [-0.15, -0.1) is 0 Å². The number of alkyl halides is 5. The van der Waals surface area contributed by atoms with Gasteiger partial charge in [0.1, 0.15) is 23.4 Å². The Balaban J connectivity index is 1.31. The Bertz CT molecular complexity index is 1810. The highest BCUT2D eigenvalue weighted by atomic mass is 32.2. The minimum Gasteiger partial charge on any atom is -0.486 e. The number of sulfonamides is 1. The Morgan fingerprint density at radius 2 is 1.63 bits per heavy atom. The molecule has 46 heavy (non-hydrogen) atoms. The molecule has 0 bridgehead atoms. The topological polar surface area (TPSA) is 59.1 Å². The van der Waals surface area contributed by atoms with Gasteiger partial charge in [0, 0.05) is 25.7 Å². The number of rotatable bonds is 9. The summed E-state index contributed by atoms with van der Waals surface area (Å²) in [7, 11) is -4.55. The van der Waals surface area contributed by atoms with Crippen molar-refractivity contribution in [2.75, 3.05) is 23.9 Å². The number of hydrogen-bond donors (Lipinski definition) is 0. The van der Waals surface area contributed by atoms with Gasteiger partial charge in [0.15, 0.2) is 0 Å². The third-order valence-corrected chi connectivity index (χ3v) is 9.72. The molecular formula is C33H28F6N2O4S. The summed E-state index contributed by atoms with van der Waals surface area (Å²) in [4.78, 5) is 1.70. The number of nitrogens with zero attached hydrogens (tertiary/aromatic N) is 2. The van der Waals surface area contributed by atoms with E-state index in [4.69, 9.17) is 4.74 Å². The van der Waals surface area contributed by atoms with Crippen LogP contribution in [0.1, 0.15) is 17.5 Å². The van der Waals surface area contributed by atoms with Crippen LogP contribution in [0.4, 0.5) is 32.0 Å². The first-order chi connectivity index (χ1) is 21.8. The van der Waals surface area contributed by atoms with Crippen LogP contribution in [0.2, 0.25) is 0 Å². The van der Waals surface area contributed by atoms with Gasteiger partial charge in [-0.3, -0.25) is 9.21 Å². The lowest BCUT2D eigenvalue weighted by Gasteiger charge is -2.43. The van der Waals surface area contributed by atoms with Crippen molar-refractivity contribution in [3.05, 3.63) is 108 Å². The number of benzene rings is 4. The molecule has 2 aliphatic rings. The van der Waals surface area contributed by atoms with Crippen LogP contribution in [0.5, 0.6) is 11.5 Å². The standard InChI is InChI=1S/C33H28F6N2O4S/c34-26-12-24(13-27(16-26)45-32(35)36)23-9-10-31-30(14-23)41(46(42,43)29-8-4-7-25(15-29)33(37,38)39)20-28(44-31)11-22-18-40(19-22)17-21-5-2-1-3-6-21/h1-10,12-16,22,28,32H,11,17-20H2. The summed E-state index contributed by atoms with van der Waals surface area (Å²) < 4.78 is 120. The number of anilines is 1. The number of ether oxygens (including phenoxy) is 2. The molecule has 242 valence electrons. The molecule has 0 radical (unpaired) electrons. The molecule has 6 nitrogen and oxygen atoms in total. The van der Waals surface area contributed by atoms with Crippen molar-refractivity contribution in [3.8, 4) is 22.6 Å². The lowest BCUT2D eigenvalue weighted by molar-refractivity contribution is -0.137. The highest BCUT2D eigenvalue weighted by Crippen LogP contribution is 2.42. The minimum absolute atomic E-state index is 0.0195. The zero-order chi connectivity index (χ0) is 32.6. The molecule has 1 saturated heterocycles. The second-order valence-corrected chi connectivity index (χ2v) is 13.2. The van der Waals surface area contributed by atoms with E-state index in [1.807, 2.05) is 30.3 Å². The van der Waals surface area contributed by atoms with Gasteiger partial charge in [-0.05, 0) is 71.5 Å². The smallest absolute Gasteiger partial charge is 0.416 e. The van der Waals surface area contributed by atoms with Gasteiger partial charge in [0.2, 0.25) is 0 Å². The first kappa shape index (κ1) is 31.7. The Hall–Kier alpha value is -4.23. The minimum atomic E-state index is -4.77. The highest BCUT2D eigenvalue weighted by Gasteiger charge is 2.39. The molecule has 0 aliphatic carbocycles. The average molecular weight is 663 g/mol. The zero-order valence-electron chi connectivity index (χ0n) is 24.1. The Morgan fingerprint density at radius 3 is 2.35 bits per heavy atom. The van der Waals surface area contributed by atoms with Crippen molar-refractivity contribution in [3.63, 3.8) is 0 Å². The molecule has 1 atom stereocenters. The molecule has 4 aromatic rings. The molecule has 2 heterocycles. The van der Waals surface area contributed by atoms with Crippen molar-refractivity contribution in [2.24, 2.45) is 5.92 Å². The van der Waals surface area contributed by atoms with Gasteiger partial charge in [-0.25, -0.2) is 12.8 Å². The second-order valence-electron chi connectivity index (χ2n) is 11.3.